The molecule has 0 unspecified atom stereocenters. The zero-order chi connectivity index (χ0) is 22.3. The summed E-state index contributed by atoms with van der Waals surface area (Å²) in [4.78, 5) is 23.8. The van der Waals surface area contributed by atoms with Crippen LogP contribution < -0.4 is 5.56 Å². The first kappa shape index (κ1) is 20.8. The molecule has 0 aliphatic rings. The quantitative estimate of drug-likeness (QED) is 0.481. The number of carboxylic acids is 1. The Labute approximate surface area is 180 Å². The van der Waals surface area contributed by atoms with E-state index in [-0.39, 0.29) is 18.6 Å². The number of nitrogens with zero attached hydrogens (tertiary/aromatic N) is 2. The molecule has 0 aliphatic carbocycles. The normalized spacial score (nSPS) is 11.2. The number of hydrogen-bond donors (Lipinski definition) is 1. The fraction of sp³-hybridized carbons (Fsp3) is 0.130. The van der Waals surface area contributed by atoms with Crippen molar-refractivity contribution in [1.82, 2.24) is 9.13 Å². The van der Waals surface area contributed by atoms with Crippen molar-refractivity contribution in [1.29, 1.82) is 0 Å². The summed E-state index contributed by atoms with van der Waals surface area (Å²) >= 11 is 6.19. The highest BCUT2D eigenvalue weighted by molar-refractivity contribution is 6.31. The van der Waals surface area contributed by atoms with Crippen LogP contribution in [-0.4, -0.2) is 20.2 Å². The molecule has 2 aromatic heterocycles. The minimum absolute atomic E-state index is 0.0189. The third-order valence-electron chi connectivity index (χ3n) is 5.13. The minimum atomic E-state index is -0.986. The molecule has 0 bridgehead atoms. The Balaban J connectivity index is 1.88. The molecule has 0 fully saturated rings. The molecule has 4 aromatic rings. The second-order valence-electron chi connectivity index (χ2n) is 7.26. The zero-order valence-corrected chi connectivity index (χ0v) is 17.2. The molecular weight excluding hydrogens is 426 g/mol. The SMILES string of the molecule is Cc1c(-c2ccc(=O)n(Cc3cc(F)cc(F)c3)c2)c2cc(Cl)ccc2n1CC(=O)O. The van der Waals surface area contributed by atoms with E-state index < -0.39 is 17.6 Å². The van der Waals surface area contributed by atoms with Gasteiger partial charge in [-0.3, -0.25) is 9.59 Å². The van der Waals surface area contributed by atoms with Crippen molar-refractivity contribution in [3.05, 3.63) is 93.0 Å². The maximum Gasteiger partial charge on any atom is 0.323 e. The van der Waals surface area contributed by atoms with E-state index in [0.717, 1.165) is 17.0 Å². The number of fused-ring (bicyclic) bond motifs is 1. The van der Waals surface area contributed by atoms with Gasteiger partial charge < -0.3 is 14.2 Å². The van der Waals surface area contributed by atoms with Gasteiger partial charge in [-0.15, -0.1) is 0 Å². The van der Waals surface area contributed by atoms with Crippen LogP contribution in [0.4, 0.5) is 8.78 Å². The van der Waals surface area contributed by atoms with E-state index in [1.807, 2.05) is 0 Å². The van der Waals surface area contributed by atoms with Gasteiger partial charge in [-0.25, -0.2) is 8.78 Å². The van der Waals surface area contributed by atoms with E-state index in [4.69, 9.17) is 11.6 Å². The molecular formula is C23H17ClF2N2O3. The molecule has 0 atom stereocenters. The molecule has 0 saturated heterocycles. The molecule has 0 saturated carbocycles. The first-order valence-electron chi connectivity index (χ1n) is 9.39. The van der Waals surface area contributed by atoms with Gasteiger partial charge in [0.05, 0.1) is 6.54 Å². The molecule has 8 heteroatoms. The fourth-order valence-corrected chi connectivity index (χ4v) is 4.03. The third-order valence-corrected chi connectivity index (χ3v) is 5.36. The number of halogens is 3. The average Bonchev–Trinajstić information content (AvgIpc) is 2.93. The van der Waals surface area contributed by atoms with E-state index in [9.17, 15) is 23.5 Å². The van der Waals surface area contributed by atoms with Gasteiger partial charge in [-0.05, 0) is 48.9 Å². The molecule has 31 heavy (non-hydrogen) atoms. The standard InChI is InChI=1S/C23H17ClF2N2O3/c1-13-23(19-8-16(24)3-4-20(19)28(13)12-22(30)31)15-2-5-21(29)27(11-15)10-14-6-17(25)9-18(26)7-14/h2-9,11H,10,12H2,1H3,(H,30,31). The maximum absolute atomic E-state index is 13.6. The van der Waals surface area contributed by atoms with Crippen LogP contribution in [0.1, 0.15) is 11.3 Å². The van der Waals surface area contributed by atoms with Crippen LogP contribution in [0.15, 0.2) is 59.5 Å². The number of pyridine rings is 1. The van der Waals surface area contributed by atoms with E-state index in [0.29, 0.717) is 27.4 Å². The van der Waals surface area contributed by atoms with Gasteiger partial charge >= 0.3 is 5.97 Å². The van der Waals surface area contributed by atoms with Gasteiger partial charge in [0.2, 0.25) is 0 Å². The van der Waals surface area contributed by atoms with Gasteiger partial charge in [0.1, 0.15) is 18.2 Å². The Morgan fingerprint density at radius 1 is 1.06 bits per heavy atom. The van der Waals surface area contributed by atoms with Crippen molar-refractivity contribution in [2.45, 2.75) is 20.0 Å². The van der Waals surface area contributed by atoms with Crippen molar-refractivity contribution in [2.24, 2.45) is 0 Å². The van der Waals surface area contributed by atoms with Gasteiger partial charge in [0.15, 0.2) is 0 Å². The molecule has 0 radical (unpaired) electrons. The second-order valence-corrected chi connectivity index (χ2v) is 7.70. The van der Waals surface area contributed by atoms with E-state index in [1.54, 1.807) is 42.0 Å². The summed E-state index contributed by atoms with van der Waals surface area (Å²) in [5, 5.41) is 10.6. The number of rotatable bonds is 5. The van der Waals surface area contributed by atoms with Crippen molar-refractivity contribution in [3.8, 4) is 11.1 Å². The highest BCUT2D eigenvalue weighted by atomic mass is 35.5. The molecule has 1 N–H and O–H groups in total. The molecule has 2 heterocycles. The Kier molecular flexibility index (Phi) is 5.37. The van der Waals surface area contributed by atoms with Crippen LogP contribution in [0.3, 0.4) is 0 Å². The third kappa shape index (κ3) is 4.09. The summed E-state index contributed by atoms with van der Waals surface area (Å²) in [6.07, 6.45) is 1.60. The molecule has 0 spiro atoms. The van der Waals surface area contributed by atoms with Crippen LogP contribution in [0, 0.1) is 18.6 Å². The van der Waals surface area contributed by atoms with E-state index in [1.165, 1.54) is 22.8 Å². The van der Waals surface area contributed by atoms with Crippen LogP contribution in [-0.2, 0) is 17.9 Å². The average molecular weight is 443 g/mol. The first-order valence-corrected chi connectivity index (χ1v) is 9.76. The van der Waals surface area contributed by atoms with Crippen molar-refractivity contribution in [3.63, 3.8) is 0 Å². The Morgan fingerprint density at radius 3 is 2.45 bits per heavy atom. The summed E-state index contributed by atoms with van der Waals surface area (Å²) in [5.74, 6) is -2.43. The molecule has 0 amide bonds. The van der Waals surface area contributed by atoms with Crippen LogP contribution in [0.25, 0.3) is 22.0 Å². The molecule has 2 aromatic carbocycles. The van der Waals surface area contributed by atoms with Crippen molar-refractivity contribution >= 4 is 28.5 Å². The first-order chi connectivity index (χ1) is 14.7. The van der Waals surface area contributed by atoms with Gasteiger partial charge in [-0.2, -0.15) is 0 Å². The van der Waals surface area contributed by atoms with Crippen molar-refractivity contribution in [2.75, 3.05) is 0 Å². The topological polar surface area (TPSA) is 64.2 Å². The summed E-state index contributed by atoms with van der Waals surface area (Å²) in [6, 6.07) is 11.3. The number of hydrogen-bond acceptors (Lipinski definition) is 2. The van der Waals surface area contributed by atoms with Crippen molar-refractivity contribution < 1.29 is 18.7 Å². The Bertz CT molecular complexity index is 1370. The highest BCUT2D eigenvalue weighted by Crippen LogP contribution is 2.35. The summed E-state index contributed by atoms with van der Waals surface area (Å²) in [6.45, 7) is 1.55. The van der Waals surface area contributed by atoms with Gasteiger partial charge in [-0.1, -0.05) is 11.6 Å². The number of benzene rings is 2. The van der Waals surface area contributed by atoms with E-state index in [2.05, 4.69) is 0 Å². The van der Waals surface area contributed by atoms with Crippen LogP contribution in [0.2, 0.25) is 5.02 Å². The monoisotopic (exact) mass is 442 g/mol. The summed E-state index contributed by atoms with van der Waals surface area (Å²) in [5.41, 5.74) is 2.76. The number of aliphatic carboxylic acids is 1. The Morgan fingerprint density at radius 2 is 1.77 bits per heavy atom. The molecule has 0 aliphatic heterocycles. The lowest BCUT2D eigenvalue weighted by atomic mass is 10.0. The predicted octanol–water partition coefficient (Wildman–Crippen LogP) is 4.84. The number of carboxylic acid groups (broad SMARTS) is 1. The maximum atomic E-state index is 13.6. The smallest absolute Gasteiger partial charge is 0.323 e. The zero-order valence-electron chi connectivity index (χ0n) is 16.4. The minimum Gasteiger partial charge on any atom is -0.480 e. The fourth-order valence-electron chi connectivity index (χ4n) is 3.86. The van der Waals surface area contributed by atoms with Crippen LogP contribution >= 0.6 is 11.6 Å². The summed E-state index contributed by atoms with van der Waals surface area (Å²) in [7, 11) is 0. The molecule has 4 rings (SSSR count). The summed E-state index contributed by atoms with van der Waals surface area (Å²) < 4.78 is 30.1. The lowest BCUT2D eigenvalue weighted by molar-refractivity contribution is -0.137. The number of aromatic nitrogens is 2. The Hall–Kier alpha value is -3.45. The highest BCUT2D eigenvalue weighted by Gasteiger charge is 2.18. The van der Waals surface area contributed by atoms with Crippen LogP contribution in [0.5, 0.6) is 0 Å². The van der Waals surface area contributed by atoms with E-state index >= 15 is 0 Å². The van der Waals surface area contributed by atoms with Gasteiger partial charge in [0, 0.05) is 51.1 Å². The second kappa shape index (κ2) is 8.00. The molecule has 158 valence electrons. The lowest BCUT2D eigenvalue weighted by Crippen LogP contribution is -2.19. The lowest BCUT2D eigenvalue weighted by Gasteiger charge is -2.10. The van der Waals surface area contributed by atoms with Gasteiger partial charge in [0.25, 0.3) is 5.56 Å². The largest absolute Gasteiger partial charge is 0.480 e. The number of carbonyl (C=O) groups is 1. The predicted molar refractivity (Wildman–Crippen MR) is 114 cm³/mol. The molecule has 5 nitrogen and oxygen atoms in total.